The number of nitrogen functional groups attached to an aromatic ring is 1. The highest BCUT2D eigenvalue weighted by Gasteiger charge is 2.32. The molecule has 2 N–H and O–H groups in total. The molecular weight excluding hydrogens is 234 g/mol. The number of nitrogens with two attached hydrogens (primary N) is 1. The Labute approximate surface area is 106 Å². The van der Waals surface area contributed by atoms with Gasteiger partial charge in [-0.2, -0.15) is 4.37 Å². The van der Waals surface area contributed by atoms with Crippen molar-refractivity contribution in [2.45, 2.75) is 37.7 Å². The Hall–Kier alpha value is -0.810. The molecule has 0 radical (unpaired) electrons. The van der Waals surface area contributed by atoms with E-state index in [9.17, 15) is 0 Å². The Kier molecular flexibility index (Phi) is 2.96. The monoisotopic (exact) mass is 253 g/mol. The van der Waals surface area contributed by atoms with E-state index >= 15 is 0 Å². The summed E-state index contributed by atoms with van der Waals surface area (Å²) >= 11 is 1.53. The second-order valence-corrected chi connectivity index (χ2v) is 5.83. The lowest BCUT2D eigenvalue weighted by Gasteiger charge is -2.22. The van der Waals surface area contributed by atoms with E-state index in [4.69, 9.17) is 10.5 Å². The molecule has 1 aliphatic carbocycles. The number of anilines is 2. The number of nitrogens with zero attached hydrogens (tertiary/aromatic N) is 2. The van der Waals surface area contributed by atoms with Crippen molar-refractivity contribution in [3.63, 3.8) is 0 Å². The summed E-state index contributed by atoms with van der Waals surface area (Å²) in [6, 6.07) is 0. The van der Waals surface area contributed by atoms with E-state index in [0.717, 1.165) is 19.0 Å². The fourth-order valence-electron chi connectivity index (χ4n) is 2.51. The smallest absolute Gasteiger partial charge is 0.142 e. The lowest BCUT2D eigenvalue weighted by atomic mass is 10.2. The fraction of sp³-hybridized carbons (Fsp3) is 0.750. The highest BCUT2D eigenvalue weighted by Crippen LogP contribution is 2.48. The molecule has 94 valence electrons. The fourth-order valence-corrected chi connectivity index (χ4v) is 3.37. The normalized spacial score (nSPS) is 24.2. The Bertz CT molecular complexity index is 396. The molecule has 1 aliphatic heterocycles. The minimum atomic E-state index is 0.385. The minimum absolute atomic E-state index is 0.385. The first kappa shape index (κ1) is 11.3. The Balaban J connectivity index is 1.73. The third-order valence-corrected chi connectivity index (χ3v) is 4.56. The van der Waals surface area contributed by atoms with Gasteiger partial charge in [-0.3, -0.25) is 0 Å². The van der Waals surface area contributed by atoms with Gasteiger partial charge in [0.1, 0.15) is 10.8 Å². The van der Waals surface area contributed by atoms with Gasteiger partial charge in [0.2, 0.25) is 0 Å². The average molecular weight is 253 g/mol. The zero-order valence-electron chi connectivity index (χ0n) is 10.2. The second-order valence-electron chi connectivity index (χ2n) is 5.08. The van der Waals surface area contributed by atoms with Crippen molar-refractivity contribution in [1.29, 1.82) is 0 Å². The van der Waals surface area contributed by atoms with Crippen LogP contribution >= 0.6 is 11.5 Å². The first-order chi connectivity index (χ1) is 8.25. The van der Waals surface area contributed by atoms with Gasteiger partial charge in [0, 0.05) is 25.8 Å². The lowest BCUT2D eigenvalue weighted by Crippen LogP contribution is -2.28. The number of ether oxygens (including phenoxy) is 1. The highest BCUT2D eigenvalue weighted by molar-refractivity contribution is 7.10. The van der Waals surface area contributed by atoms with Crippen LogP contribution in [0, 0.1) is 0 Å². The van der Waals surface area contributed by atoms with Crippen molar-refractivity contribution in [3.8, 4) is 0 Å². The molecule has 4 nitrogen and oxygen atoms in total. The standard InChI is InChI=1S/C12H19N3OS/c1-15(7-9-3-2-6-16-9)12-10(8-4-5-8)11(13)14-17-12/h8-9H,2-7H2,1H3,(H2,13,14). The van der Waals surface area contributed by atoms with Crippen LogP contribution in [0.2, 0.25) is 0 Å². The van der Waals surface area contributed by atoms with Crippen molar-refractivity contribution < 1.29 is 4.74 Å². The van der Waals surface area contributed by atoms with Crippen molar-refractivity contribution in [1.82, 2.24) is 4.37 Å². The number of hydrogen-bond acceptors (Lipinski definition) is 5. The summed E-state index contributed by atoms with van der Waals surface area (Å²) < 4.78 is 9.99. The number of likely N-dealkylation sites (N-methyl/N-ethyl adjacent to an activating group) is 1. The van der Waals surface area contributed by atoms with Crippen LogP contribution in [-0.2, 0) is 4.74 Å². The van der Waals surface area contributed by atoms with E-state index in [0.29, 0.717) is 12.0 Å². The average Bonchev–Trinajstić information content (AvgIpc) is 2.86. The van der Waals surface area contributed by atoms with Gasteiger partial charge in [-0.1, -0.05) is 0 Å². The van der Waals surface area contributed by atoms with Crippen LogP contribution in [-0.4, -0.2) is 30.7 Å². The van der Waals surface area contributed by atoms with Crippen molar-refractivity contribution in [2.24, 2.45) is 0 Å². The van der Waals surface area contributed by atoms with Crippen LogP contribution in [0.3, 0.4) is 0 Å². The molecular formula is C12H19N3OS. The first-order valence-corrected chi connectivity index (χ1v) is 7.11. The third-order valence-electron chi connectivity index (χ3n) is 3.57. The summed E-state index contributed by atoms with van der Waals surface area (Å²) in [5, 5.41) is 1.25. The van der Waals surface area contributed by atoms with E-state index in [1.807, 2.05) is 0 Å². The molecule has 2 aliphatic rings. The summed E-state index contributed by atoms with van der Waals surface area (Å²) in [5.74, 6) is 1.40. The Morgan fingerprint density at radius 2 is 2.29 bits per heavy atom. The maximum atomic E-state index is 5.97. The third kappa shape index (κ3) is 2.26. The molecule has 3 rings (SSSR count). The minimum Gasteiger partial charge on any atom is -0.383 e. The maximum Gasteiger partial charge on any atom is 0.142 e. The molecule has 5 heteroatoms. The Morgan fingerprint density at radius 3 is 2.94 bits per heavy atom. The van der Waals surface area contributed by atoms with Gasteiger partial charge in [-0.05, 0) is 43.1 Å². The zero-order chi connectivity index (χ0) is 11.8. The molecule has 1 saturated carbocycles. The van der Waals surface area contributed by atoms with Gasteiger partial charge < -0.3 is 15.4 Å². The summed E-state index contributed by atoms with van der Waals surface area (Å²) in [6.45, 7) is 1.88. The zero-order valence-corrected chi connectivity index (χ0v) is 11.0. The summed E-state index contributed by atoms with van der Waals surface area (Å²) in [7, 11) is 2.13. The maximum absolute atomic E-state index is 5.97. The molecule has 1 atom stereocenters. The van der Waals surface area contributed by atoms with E-state index in [1.54, 1.807) is 0 Å². The van der Waals surface area contributed by atoms with Crippen LogP contribution < -0.4 is 10.6 Å². The molecule has 0 bridgehead atoms. The second kappa shape index (κ2) is 4.46. The predicted molar refractivity (Wildman–Crippen MR) is 70.7 cm³/mol. The van der Waals surface area contributed by atoms with Gasteiger partial charge in [0.05, 0.1) is 6.10 Å². The molecule has 0 amide bonds. The predicted octanol–water partition coefficient (Wildman–Crippen LogP) is 2.22. The largest absolute Gasteiger partial charge is 0.383 e. The quantitative estimate of drug-likeness (QED) is 0.894. The number of aromatic nitrogens is 1. The van der Waals surface area contributed by atoms with Crippen LogP contribution in [0.15, 0.2) is 0 Å². The topological polar surface area (TPSA) is 51.4 Å². The summed E-state index contributed by atoms with van der Waals surface area (Å²) in [4.78, 5) is 2.28. The van der Waals surface area contributed by atoms with Crippen molar-refractivity contribution in [2.75, 3.05) is 30.8 Å². The van der Waals surface area contributed by atoms with Gasteiger partial charge in [0.25, 0.3) is 0 Å². The molecule has 0 spiro atoms. The van der Waals surface area contributed by atoms with Crippen LogP contribution in [0.5, 0.6) is 0 Å². The lowest BCUT2D eigenvalue weighted by molar-refractivity contribution is 0.116. The van der Waals surface area contributed by atoms with Crippen LogP contribution in [0.1, 0.15) is 37.2 Å². The van der Waals surface area contributed by atoms with Crippen LogP contribution in [0.25, 0.3) is 0 Å². The molecule has 2 heterocycles. The molecule has 1 unspecified atom stereocenters. The summed E-state index contributed by atoms with van der Waals surface area (Å²) in [6.07, 6.45) is 5.29. The van der Waals surface area contributed by atoms with Crippen molar-refractivity contribution >= 4 is 22.4 Å². The molecule has 1 aromatic rings. The molecule has 0 aromatic carbocycles. The van der Waals surface area contributed by atoms with E-state index < -0.39 is 0 Å². The van der Waals surface area contributed by atoms with Gasteiger partial charge in [-0.15, -0.1) is 0 Å². The van der Waals surface area contributed by atoms with Crippen molar-refractivity contribution in [3.05, 3.63) is 5.56 Å². The summed E-state index contributed by atoms with van der Waals surface area (Å²) in [5.41, 5.74) is 7.26. The highest BCUT2D eigenvalue weighted by atomic mass is 32.1. The van der Waals surface area contributed by atoms with Gasteiger partial charge in [-0.25, -0.2) is 0 Å². The van der Waals surface area contributed by atoms with Gasteiger partial charge in [0.15, 0.2) is 0 Å². The number of hydrogen-bond donors (Lipinski definition) is 1. The van der Waals surface area contributed by atoms with E-state index in [2.05, 4.69) is 16.3 Å². The van der Waals surface area contributed by atoms with Crippen LogP contribution in [0.4, 0.5) is 10.8 Å². The van der Waals surface area contributed by atoms with Gasteiger partial charge >= 0.3 is 0 Å². The Morgan fingerprint density at radius 1 is 1.47 bits per heavy atom. The number of rotatable bonds is 4. The molecule has 1 saturated heterocycles. The van der Waals surface area contributed by atoms with E-state index in [-0.39, 0.29) is 0 Å². The molecule has 17 heavy (non-hydrogen) atoms. The SMILES string of the molecule is CN(CC1CCCO1)c1snc(N)c1C1CC1. The molecule has 2 fully saturated rings. The first-order valence-electron chi connectivity index (χ1n) is 6.33. The molecule has 1 aromatic heterocycles. The van der Waals surface area contributed by atoms with E-state index in [1.165, 1.54) is 47.8 Å².